The van der Waals surface area contributed by atoms with Crippen molar-refractivity contribution in [1.82, 2.24) is 0 Å². The molecule has 2 rings (SSSR count). The summed E-state index contributed by atoms with van der Waals surface area (Å²) < 4.78 is 38.7. The Hall–Kier alpha value is -1.00. The predicted molar refractivity (Wildman–Crippen MR) is 82.6 cm³/mol. The van der Waals surface area contributed by atoms with Gasteiger partial charge in [0.1, 0.15) is 0 Å². The number of alkyl halides is 4. The second-order valence-electron chi connectivity index (χ2n) is 4.89. The van der Waals surface area contributed by atoms with E-state index in [1.165, 1.54) is 6.07 Å². The van der Waals surface area contributed by atoms with Crippen molar-refractivity contribution in [3.63, 3.8) is 0 Å². The zero-order valence-corrected chi connectivity index (χ0v) is 13.6. The van der Waals surface area contributed by atoms with Crippen molar-refractivity contribution >= 4 is 27.5 Å². The van der Waals surface area contributed by atoms with E-state index in [0.717, 1.165) is 17.2 Å². The maximum atomic E-state index is 12.9. The minimum atomic E-state index is -4.39. The summed E-state index contributed by atoms with van der Waals surface area (Å²) in [6, 6.07) is 11.9. The van der Waals surface area contributed by atoms with Crippen molar-refractivity contribution in [2.45, 2.75) is 24.9 Å². The summed E-state index contributed by atoms with van der Waals surface area (Å²) in [7, 11) is 0. The van der Waals surface area contributed by atoms with Gasteiger partial charge in [0.05, 0.1) is 10.9 Å². The number of rotatable bonds is 3. The normalized spacial score (nSPS) is 13.2. The number of halogens is 5. The number of hydrogen-bond acceptors (Lipinski definition) is 0. The number of aryl methyl sites for hydroxylation is 1. The van der Waals surface area contributed by atoms with Crippen molar-refractivity contribution in [2.75, 3.05) is 0 Å². The molecule has 0 N–H and O–H groups in total. The first-order chi connectivity index (χ1) is 9.77. The summed E-state index contributed by atoms with van der Waals surface area (Å²) in [6.07, 6.45) is -3.91. The Labute approximate surface area is 135 Å². The van der Waals surface area contributed by atoms with E-state index in [2.05, 4.69) is 15.9 Å². The van der Waals surface area contributed by atoms with Gasteiger partial charge < -0.3 is 0 Å². The Bertz CT molecular complexity index is 620. The van der Waals surface area contributed by atoms with E-state index in [0.29, 0.717) is 12.0 Å². The van der Waals surface area contributed by atoms with Gasteiger partial charge in [0.15, 0.2) is 0 Å². The summed E-state index contributed by atoms with van der Waals surface area (Å²) in [4.78, 5) is 0. The molecule has 1 atom stereocenters. The van der Waals surface area contributed by atoms with E-state index >= 15 is 0 Å². The lowest BCUT2D eigenvalue weighted by molar-refractivity contribution is -0.138. The quantitative estimate of drug-likeness (QED) is 0.551. The molecule has 0 nitrogen and oxygen atoms in total. The lowest BCUT2D eigenvalue weighted by Crippen LogP contribution is -2.07. The first-order valence-corrected chi connectivity index (χ1v) is 7.56. The third-order valence-electron chi connectivity index (χ3n) is 3.19. The monoisotopic (exact) mass is 376 g/mol. The van der Waals surface area contributed by atoms with Gasteiger partial charge in [-0.2, -0.15) is 13.2 Å². The highest BCUT2D eigenvalue weighted by Crippen LogP contribution is 2.37. The molecule has 0 aliphatic rings. The molecule has 5 heteroatoms. The van der Waals surface area contributed by atoms with Crippen LogP contribution in [0.25, 0.3) is 0 Å². The Kier molecular flexibility index (Phi) is 4.99. The molecule has 21 heavy (non-hydrogen) atoms. The smallest absolute Gasteiger partial charge is 0.166 e. The highest BCUT2D eigenvalue weighted by atomic mass is 79.9. The van der Waals surface area contributed by atoms with E-state index in [4.69, 9.17) is 11.6 Å². The SMILES string of the molecule is Cc1ccc(CC(Cl)c2ccc(Br)c(C(F)(F)F)c2)cc1. The largest absolute Gasteiger partial charge is 0.417 e. The lowest BCUT2D eigenvalue weighted by atomic mass is 10.0. The standard InChI is InChI=1S/C16H13BrClF3/c1-10-2-4-11(5-3-10)8-15(18)12-6-7-14(17)13(9-12)16(19,20)21/h2-7,9,15H,8H2,1H3. The lowest BCUT2D eigenvalue weighted by Gasteiger charge is -2.14. The summed E-state index contributed by atoms with van der Waals surface area (Å²) in [5, 5.41) is -0.498. The first-order valence-electron chi connectivity index (χ1n) is 6.33. The predicted octanol–water partition coefficient (Wildman–Crippen LogP) is 6.30. The van der Waals surface area contributed by atoms with Crippen LogP contribution in [0, 0.1) is 6.92 Å². The highest BCUT2D eigenvalue weighted by Gasteiger charge is 2.33. The van der Waals surface area contributed by atoms with Crippen LogP contribution in [0.15, 0.2) is 46.9 Å². The Balaban J connectivity index is 2.23. The molecule has 0 radical (unpaired) electrons. The van der Waals surface area contributed by atoms with Crippen molar-refractivity contribution in [3.05, 3.63) is 69.2 Å². The van der Waals surface area contributed by atoms with E-state index in [1.54, 1.807) is 6.07 Å². The Morgan fingerprint density at radius 2 is 1.71 bits per heavy atom. The van der Waals surface area contributed by atoms with Gasteiger partial charge in [0, 0.05) is 4.47 Å². The molecule has 0 heterocycles. The van der Waals surface area contributed by atoms with Gasteiger partial charge in [-0.05, 0) is 36.6 Å². The van der Waals surface area contributed by atoms with Crippen molar-refractivity contribution in [2.24, 2.45) is 0 Å². The van der Waals surface area contributed by atoms with Gasteiger partial charge in [-0.15, -0.1) is 11.6 Å². The molecule has 0 aromatic heterocycles. The average molecular weight is 378 g/mol. The van der Waals surface area contributed by atoms with Gasteiger partial charge in [0.2, 0.25) is 0 Å². The first kappa shape index (κ1) is 16.4. The van der Waals surface area contributed by atoms with E-state index in [9.17, 15) is 13.2 Å². The maximum Gasteiger partial charge on any atom is 0.417 e. The van der Waals surface area contributed by atoms with Crippen LogP contribution in [0.5, 0.6) is 0 Å². The summed E-state index contributed by atoms with van der Waals surface area (Å²) in [5.74, 6) is 0. The summed E-state index contributed by atoms with van der Waals surface area (Å²) >= 11 is 9.20. The Morgan fingerprint density at radius 3 is 2.29 bits per heavy atom. The number of benzene rings is 2. The molecule has 112 valence electrons. The number of hydrogen-bond donors (Lipinski definition) is 0. The Morgan fingerprint density at radius 1 is 1.10 bits per heavy atom. The van der Waals surface area contributed by atoms with Crippen LogP contribution in [0.4, 0.5) is 13.2 Å². The fourth-order valence-corrected chi connectivity index (χ4v) is 2.79. The zero-order chi connectivity index (χ0) is 15.6. The van der Waals surface area contributed by atoms with Gasteiger partial charge in [-0.3, -0.25) is 0 Å². The summed E-state index contributed by atoms with van der Waals surface area (Å²) in [6.45, 7) is 1.98. The van der Waals surface area contributed by atoms with E-state index in [1.807, 2.05) is 31.2 Å². The van der Waals surface area contributed by atoms with Gasteiger partial charge in [-0.1, -0.05) is 51.8 Å². The average Bonchev–Trinajstić information content (AvgIpc) is 2.40. The van der Waals surface area contributed by atoms with Crippen LogP contribution in [0.3, 0.4) is 0 Å². The molecule has 0 fully saturated rings. The topological polar surface area (TPSA) is 0 Å². The van der Waals surface area contributed by atoms with Crippen LogP contribution in [-0.2, 0) is 12.6 Å². The molecule has 0 saturated carbocycles. The molecule has 1 unspecified atom stereocenters. The fraction of sp³-hybridized carbons (Fsp3) is 0.250. The molecule has 0 bridgehead atoms. The van der Waals surface area contributed by atoms with Crippen molar-refractivity contribution in [1.29, 1.82) is 0 Å². The van der Waals surface area contributed by atoms with Crippen LogP contribution in [-0.4, -0.2) is 0 Å². The van der Waals surface area contributed by atoms with Gasteiger partial charge >= 0.3 is 6.18 Å². The molecule has 2 aromatic rings. The zero-order valence-electron chi connectivity index (χ0n) is 11.2. The molecular weight excluding hydrogens is 365 g/mol. The fourth-order valence-electron chi connectivity index (χ4n) is 2.00. The molecular formula is C16H13BrClF3. The van der Waals surface area contributed by atoms with E-state index < -0.39 is 17.1 Å². The third kappa shape index (κ3) is 4.24. The molecule has 0 spiro atoms. The molecule has 0 aliphatic heterocycles. The van der Waals surface area contributed by atoms with Crippen molar-refractivity contribution in [3.8, 4) is 0 Å². The van der Waals surface area contributed by atoms with Crippen LogP contribution < -0.4 is 0 Å². The molecule has 0 aliphatic carbocycles. The minimum absolute atomic E-state index is 0.0259. The molecule has 0 saturated heterocycles. The molecule has 0 amide bonds. The van der Waals surface area contributed by atoms with Crippen molar-refractivity contribution < 1.29 is 13.2 Å². The van der Waals surface area contributed by atoms with E-state index in [-0.39, 0.29) is 4.47 Å². The minimum Gasteiger partial charge on any atom is -0.166 e. The highest BCUT2D eigenvalue weighted by molar-refractivity contribution is 9.10. The van der Waals surface area contributed by atoms with Crippen LogP contribution in [0.1, 0.15) is 27.6 Å². The summed E-state index contributed by atoms with van der Waals surface area (Å²) in [5.41, 5.74) is 1.90. The third-order valence-corrected chi connectivity index (χ3v) is 4.29. The maximum absolute atomic E-state index is 12.9. The van der Waals surface area contributed by atoms with Crippen LogP contribution >= 0.6 is 27.5 Å². The second-order valence-corrected chi connectivity index (χ2v) is 6.28. The second kappa shape index (κ2) is 6.41. The van der Waals surface area contributed by atoms with Gasteiger partial charge in [0.25, 0.3) is 0 Å². The van der Waals surface area contributed by atoms with Crippen LogP contribution in [0.2, 0.25) is 0 Å². The van der Waals surface area contributed by atoms with Gasteiger partial charge in [-0.25, -0.2) is 0 Å². The molecule has 2 aromatic carbocycles.